The zero-order chi connectivity index (χ0) is 13.2. The van der Waals surface area contributed by atoms with E-state index >= 15 is 0 Å². The molecule has 4 nitrogen and oxygen atoms in total. The van der Waals surface area contributed by atoms with Crippen LogP contribution in [0.4, 0.5) is 5.69 Å². The maximum atomic E-state index is 5.50. The summed E-state index contributed by atoms with van der Waals surface area (Å²) in [4.78, 5) is 0. The first-order valence-electron chi connectivity index (χ1n) is 6.27. The molecule has 1 aromatic carbocycles. The van der Waals surface area contributed by atoms with Crippen LogP contribution in [0, 0.1) is 0 Å². The van der Waals surface area contributed by atoms with Gasteiger partial charge in [0.2, 0.25) is 0 Å². The van der Waals surface area contributed by atoms with Crippen molar-refractivity contribution < 1.29 is 14.2 Å². The second-order valence-electron chi connectivity index (χ2n) is 4.07. The maximum absolute atomic E-state index is 5.50. The first-order chi connectivity index (χ1) is 8.80. The minimum atomic E-state index is 0.343. The molecule has 18 heavy (non-hydrogen) atoms. The molecule has 1 N–H and O–H groups in total. The number of hydrogen-bond acceptors (Lipinski definition) is 4. The fraction of sp³-hybridized carbons (Fsp3) is 0.571. The van der Waals surface area contributed by atoms with Crippen LogP contribution in [0.1, 0.15) is 13.3 Å². The van der Waals surface area contributed by atoms with E-state index in [4.69, 9.17) is 14.2 Å². The Kier molecular flexibility index (Phi) is 7.22. The van der Waals surface area contributed by atoms with Gasteiger partial charge in [0.15, 0.2) is 0 Å². The van der Waals surface area contributed by atoms with E-state index < -0.39 is 0 Å². The van der Waals surface area contributed by atoms with Crippen molar-refractivity contribution in [1.82, 2.24) is 0 Å². The van der Waals surface area contributed by atoms with Gasteiger partial charge in [0.1, 0.15) is 12.4 Å². The summed E-state index contributed by atoms with van der Waals surface area (Å²) < 4.78 is 15.6. The summed E-state index contributed by atoms with van der Waals surface area (Å²) in [6.45, 7) is 4.03. The first-order valence-corrected chi connectivity index (χ1v) is 6.27. The van der Waals surface area contributed by atoms with Crippen LogP contribution in [0.5, 0.6) is 5.75 Å². The van der Waals surface area contributed by atoms with Gasteiger partial charge in [-0.3, -0.25) is 0 Å². The molecule has 4 heteroatoms. The minimum Gasteiger partial charge on any atom is -0.491 e. The van der Waals surface area contributed by atoms with Crippen LogP contribution in [-0.4, -0.2) is 40.1 Å². The SMILES string of the molecule is CCC(COC)Nc1ccc(OCCOC)cc1. The Morgan fingerprint density at radius 1 is 1.06 bits per heavy atom. The Bertz CT molecular complexity index is 313. The number of benzene rings is 1. The molecule has 1 atom stereocenters. The van der Waals surface area contributed by atoms with E-state index in [0.717, 1.165) is 17.9 Å². The van der Waals surface area contributed by atoms with Crippen LogP contribution in [0.15, 0.2) is 24.3 Å². The molecule has 0 radical (unpaired) electrons. The monoisotopic (exact) mass is 253 g/mol. The topological polar surface area (TPSA) is 39.7 Å². The molecule has 0 heterocycles. The second-order valence-corrected chi connectivity index (χ2v) is 4.07. The van der Waals surface area contributed by atoms with Crippen molar-refractivity contribution in [2.75, 3.05) is 39.4 Å². The number of methoxy groups -OCH3 is 2. The van der Waals surface area contributed by atoms with Crippen molar-refractivity contribution in [3.63, 3.8) is 0 Å². The third-order valence-corrected chi connectivity index (χ3v) is 2.64. The summed E-state index contributed by atoms with van der Waals surface area (Å²) >= 11 is 0. The second kappa shape index (κ2) is 8.78. The van der Waals surface area contributed by atoms with E-state index in [2.05, 4.69) is 12.2 Å². The Morgan fingerprint density at radius 2 is 1.78 bits per heavy atom. The predicted octanol–water partition coefficient (Wildman–Crippen LogP) is 2.55. The molecule has 0 saturated heterocycles. The van der Waals surface area contributed by atoms with Crippen LogP contribution < -0.4 is 10.1 Å². The van der Waals surface area contributed by atoms with Gasteiger partial charge in [-0.2, -0.15) is 0 Å². The Hall–Kier alpha value is -1.26. The molecule has 0 aliphatic heterocycles. The summed E-state index contributed by atoms with van der Waals surface area (Å²) in [6, 6.07) is 8.28. The first kappa shape index (κ1) is 14.8. The molecule has 0 aromatic heterocycles. The van der Waals surface area contributed by atoms with E-state index in [9.17, 15) is 0 Å². The van der Waals surface area contributed by atoms with Gasteiger partial charge < -0.3 is 19.5 Å². The molecule has 0 saturated carbocycles. The van der Waals surface area contributed by atoms with Gasteiger partial charge in [-0.15, -0.1) is 0 Å². The quantitative estimate of drug-likeness (QED) is 0.687. The van der Waals surface area contributed by atoms with Crippen LogP contribution in [0.3, 0.4) is 0 Å². The molecule has 0 spiro atoms. The van der Waals surface area contributed by atoms with E-state index in [1.54, 1.807) is 14.2 Å². The average molecular weight is 253 g/mol. The smallest absolute Gasteiger partial charge is 0.119 e. The summed E-state index contributed by atoms with van der Waals surface area (Å²) in [5.74, 6) is 0.859. The van der Waals surface area contributed by atoms with E-state index in [0.29, 0.717) is 25.9 Å². The molecule has 0 fully saturated rings. The largest absolute Gasteiger partial charge is 0.491 e. The lowest BCUT2D eigenvalue weighted by Gasteiger charge is -2.17. The molecule has 0 amide bonds. The average Bonchev–Trinajstić information content (AvgIpc) is 2.40. The zero-order valence-corrected chi connectivity index (χ0v) is 11.4. The summed E-state index contributed by atoms with van der Waals surface area (Å²) in [6.07, 6.45) is 1.03. The normalized spacial score (nSPS) is 12.2. The van der Waals surface area contributed by atoms with E-state index in [1.807, 2.05) is 24.3 Å². The lowest BCUT2D eigenvalue weighted by Crippen LogP contribution is -2.23. The van der Waals surface area contributed by atoms with Gasteiger partial charge in [0, 0.05) is 25.9 Å². The third kappa shape index (κ3) is 5.38. The lowest BCUT2D eigenvalue weighted by molar-refractivity contribution is 0.146. The van der Waals surface area contributed by atoms with Crippen molar-refractivity contribution in [3.8, 4) is 5.75 Å². The molecule has 102 valence electrons. The van der Waals surface area contributed by atoms with Crippen molar-refractivity contribution in [2.24, 2.45) is 0 Å². The highest BCUT2D eigenvalue weighted by molar-refractivity contribution is 5.47. The highest BCUT2D eigenvalue weighted by Crippen LogP contribution is 2.17. The van der Waals surface area contributed by atoms with Crippen LogP contribution in [0.2, 0.25) is 0 Å². The Morgan fingerprint density at radius 3 is 2.33 bits per heavy atom. The molecular formula is C14H23NO3. The molecule has 0 bridgehead atoms. The number of anilines is 1. The number of nitrogens with one attached hydrogen (secondary N) is 1. The zero-order valence-electron chi connectivity index (χ0n) is 11.4. The molecule has 1 unspecified atom stereocenters. The van der Waals surface area contributed by atoms with Crippen LogP contribution in [0.25, 0.3) is 0 Å². The van der Waals surface area contributed by atoms with Gasteiger partial charge in [-0.05, 0) is 30.7 Å². The van der Waals surface area contributed by atoms with Gasteiger partial charge in [0.25, 0.3) is 0 Å². The number of rotatable bonds is 9. The molecule has 1 rings (SSSR count). The van der Waals surface area contributed by atoms with Crippen LogP contribution in [-0.2, 0) is 9.47 Å². The lowest BCUT2D eigenvalue weighted by atomic mass is 10.2. The molecular weight excluding hydrogens is 230 g/mol. The van der Waals surface area contributed by atoms with E-state index in [-0.39, 0.29) is 0 Å². The highest BCUT2D eigenvalue weighted by atomic mass is 16.5. The highest BCUT2D eigenvalue weighted by Gasteiger charge is 2.05. The summed E-state index contributed by atoms with van der Waals surface area (Å²) in [7, 11) is 3.38. The minimum absolute atomic E-state index is 0.343. The van der Waals surface area contributed by atoms with Gasteiger partial charge in [-0.25, -0.2) is 0 Å². The Labute approximate surface area is 109 Å². The van der Waals surface area contributed by atoms with Crippen LogP contribution >= 0.6 is 0 Å². The fourth-order valence-corrected chi connectivity index (χ4v) is 1.59. The number of hydrogen-bond donors (Lipinski definition) is 1. The predicted molar refractivity (Wildman–Crippen MR) is 73.4 cm³/mol. The van der Waals surface area contributed by atoms with Crippen molar-refractivity contribution in [3.05, 3.63) is 24.3 Å². The standard InChI is InChI=1S/C14H23NO3/c1-4-12(11-17-3)15-13-5-7-14(8-6-13)18-10-9-16-2/h5-8,12,15H,4,9-11H2,1-3H3. The third-order valence-electron chi connectivity index (χ3n) is 2.64. The molecule has 0 aliphatic carbocycles. The van der Waals surface area contributed by atoms with Gasteiger partial charge in [-0.1, -0.05) is 6.92 Å². The van der Waals surface area contributed by atoms with Gasteiger partial charge in [0.05, 0.1) is 13.2 Å². The fourth-order valence-electron chi connectivity index (χ4n) is 1.59. The van der Waals surface area contributed by atoms with Crippen molar-refractivity contribution >= 4 is 5.69 Å². The van der Waals surface area contributed by atoms with E-state index in [1.165, 1.54) is 0 Å². The van der Waals surface area contributed by atoms with Crippen molar-refractivity contribution in [1.29, 1.82) is 0 Å². The Balaban J connectivity index is 2.43. The summed E-state index contributed by atoms with van der Waals surface area (Å²) in [5, 5.41) is 3.42. The molecule has 0 aliphatic rings. The maximum Gasteiger partial charge on any atom is 0.119 e. The molecule has 1 aromatic rings. The van der Waals surface area contributed by atoms with Crippen molar-refractivity contribution in [2.45, 2.75) is 19.4 Å². The number of ether oxygens (including phenoxy) is 3. The summed E-state index contributed by atoms with van der Waals surface area (Å²) in [5.41, 5.74) is 1.08. The van der Waals surface area contributed by atoms with Gasteiger partial charge >= 0.3 is 0 Å².